The van der Waals surface area contributed by atoms with Crippen LogP contribution in [0.1, 0.15) is 74.6 Å². The Labute approximate surface area is 363 Å². The fraction of sp³-hybridized carbons (Fsp3) is 0.622. The van der Waals surface area contributed by atoms with Gasteiger partial charge in [0.15, 0.2) is 0 Å². The number of carbonyl (C=O) groups excluding carboxylic acids is 3. The smallest absolute Gasteiger partial charge is 0.317 e. The Morgan fingerprint density at radius 1 is 0.590 bits per heavy atom. The predicted molar refractivity (Wildman–Crippen MR) is 235 cm³/mol. The lowest BCUT2D eigenvalue weighted by molar-refractivity contribution is -0.913. The maximum absolute atomic E-state index is 13.0. The summed E-state index contributed by atoms with van der Waals surface area (Å²) in [5.41, 5.74) is 0.291. The van der Waals surface area contributed by atoms with Crippen LogP contribution in [0.4, 0.5) is 11.9 Å². The number of likely N-dealkylation sites (tertiary alicyclic amines) is 1. The fourth-order valence-corrected chi connectivity index (χ4v) is 11.9. The average Bonchev–Trinajstić information content (AvgIpc) is 3.79. The number of carbonyl (C=O) groups is 3. The first-order chi connectivity index (χ1) is 28.9. The van der Waals surface area contributed by atoms with E-state index in [2.05, 4.69) is 48.1 Å². The number of piperidine rings is 1. The van der Waals surface area contributed by atoms with Crippen molar-refractivity contribution in [3.8, 4) is 0 Å². The van der Waals surface area contributed by atoms with Crippen LogP contribution in [0.2, 0.25) is 0 Å². The molecule has 1 saturated carbocycles. The van der Waals surface area contributed by atoms with Gasteiger partial charge in [0.25, 0.3) is 15.9 Å². The number of hydrogen-bond donors (Lipinski definition) is 0. The molecule has 5 aliphatic rings. The summed E-state index contributed by atoms with van der Waals surface area (Å²) >= 11 is 0. The molecule has 3 aromatic rings. The topological polar surface area (TPSA) is 140 Å². The number of amides is 3. The van der Waals surface area contributed by atoms with Gasteiger partial charge in [0.1, 0.15) is 57.3 Å². The van der Waals surface area contributed by atoms with E-state index >= 15 is 0 Å². The number of likely N-dealkylation sites (N-methyl/N-ethyl adjacent to an activating group) is 4. The number of rotatable bonds is 12. The minimum Gasteiger partial charge on any atom is -0.317 e. The minimum absolute atomic E-state index is 0.00571. The highest BCUT2D eigenvalue weighted by molar-refractivity contribution is 7.90. The number of sulfonamides is 1. The maximum atomic E-state index is 13.0. The highest BCUT2D eigenvalue weighted by Gasteiger charge is 2.54. The third kappa shape index (κ3) is 9.49. The molecule has 3 amide bonds. The predicted octanol–water partition coefficient (Wildman–Crippen LogP) is 4.01. The Bertz CT molecular complexity index is 2130. The van der Waals surface area contributed by atoms with Crippen LogP contribution in [0.3, 0.4) is 0 Å². The van der Waals surface area contributed by atoms with Gasteiger partial charge in [0, 0.05) is 44.2 Å². The molecule has 0 bridgehead atoms. The van der Waals surface area contributed by atoms with Crippen molar-refractivity contribution >= 4 is 39.6 Å². The highest BCUT2D eigenvalue weighted by atomic mass is 32.2. The van der Waals surface area contributed by atoms with Gasteiger partial charge in [-0.15, -0.1) is 0 Å². The number of nitrogens with zero attached hydrogens (tertiary/aromatic N) is 10. The molecule has 330 valence electrons. The molecular weight excluding hydrogens is 793 g/mol. The molecule has 0 N–H and O–H groups in total. The summed E-state index contributed by atoms with van der Waals surface area (Å²) in [4.78, 5) is 56.5. The van der Waals surface area contributed by atoms with Crippen LogP contribution < -0.4 is 8.97 Å². The molecule has 1 aliphatic carbocycles. The van der Waals surface area contributed by atoms with Crippen LogP contribution in [0.5, 0.6) is 0 Å². The number of unbranched alkanes of at least 4 members (excludes halogenated alkanes) is 2. The Morgan fingerprint density at radius 2 is 1.03 bits per heavy atom. The molecule has 15 nitrogen and oxygen atoms in total. The zero-order chi connectivity index (χ0) is 43.6. The molecule has 0 radical (unpaired) electrons. The SMILES string of the molecule is C[N+]1(CCCCN2C(=O)c3ccccc3S2(=O)=O)CC[N+](C)(c2ncccn2)CC1.C[N+]1(CCCC[N+]2(C)C(=O)CC3(CCCC3)CC2=O)CC[N+](C)(c2ncccn2)CC1. The van der Waals surface area contributed by atoms with Crippen molar-refractivity contribution in [2.75, 3.05) is 114 Å². The van der Waals surface area contributed by atoms with Gasteiger partial charge in [-0.1, -0.05) is 25.0 Å². The van der Waals surface area contributed by atoms with E-state index in [0.717, 1.165) is 132 Å². The van der Waals surface area contributed by atoms with Gasteiger partial charge in [-0.2, -0.15) is 19.9 Å². The average molecular weight is 862 g/mol. The van der Waals surface area contributed by atoms with E-state index in [1.54, 1.807) is 30.6 Å². The molecule has 4 fully saturated rings. The molecular formula is C45H69N10O5S+5. The molecule has 3 saturated heterocycles. The van der Waals surface area contributed by atoms with Gasteiger partial charge in [0.05, 0.1) is 73.3 Å². The normalized spacial score (nSPS) is 30.2. The molecule has 0 unspecified atom stereocenters. The molecule has 16 heteroatoms. The third-order valence-electron chi connectivity index (χ3n) is 15.2. The van der Waals surface area contributed by atoms with Gasteiger partial charge < -0.3 is 8.97 Å². The first-order valence-electron chi connectivity index (χ1n) is 22.4. The van der Waals surface area contributed by atoms with Crippen molar-refractivity contribution in [3.05, 3.63) is 66.7 Å². The summed E-state index contributed by atoms with van der Waals surface area (Å²) < 4.78 is 29.9. The third-order valence-corrected chi connectivity index (χ3v) is 17.0. The van der Waals surface area contributed by atoms with E-state index in [1.807, 2.05) is 31.6 Å². The molecule has 6 heterocycles. The first kappa shape index (κ1) is 45.0. The van der Waals surface area contributed by atoms with Crippen LogP contribution in [-0.2, 0) is 19.6 Å². The zero-order valence-corrected chi connectivity index (χ0v) is 38.1. The Kier molecular flexibility index (Phi) is 13.0. The lowest BCUT2D eigenvalue weighted by Gasteiger charge is -2.44. The van der Waals surface area contributed by atoms with Crippen molar-refractivity contribution < 1.29 is 36.3 Å². The number of aromatic nitrogens is 4. The number of fused-ring (bicyclic) bond motifs is 1. The molecule has 61 heavy (non-hydrogen) atoms. The van der Waals surface area contributed by atoms with Crippen molar-refractivity contribution in [2.45, 2.75) is 69.1 Å². The Balaban J connectivity index is 0.000000184. The Hall–Kier alpha value is -4.06. The number of imide groups is 1. The second kappa shape index (κ2) is 17.6. The van der Waals surface area contributed by atoms with Crippen LogP contribution in [-0.4, -0.2) is 178 Å². The number of benzene rings is 1. The van der Waals surface area contributed by atoms with Crippen molar-refractivity contribution in [3.63, 3.8) is 0 Å². The molecule has 8 rings (SSSR count). The summed E-state index contributed by atoms with van der Waals surface area (Å²) in [6.45, 7) is 11.2. The summed E-state index contributed by atoms with van der Waals surface area (Å²) in [5, 5.41) is 0. The fourth-order valence-electron chi connectivity index (χ4n) is 10.3. The van der Waals surface area contributed by atoms with Gasteiger partial charge in [-0.25, -0.2) is 26.8 Å². The number of hydrogen-bond acceptors (Lipinski definition) is 9. The van der Waals surface area contributed by atoms with Crippen LogP contribution >= 0.6 is 0 Å². The lowest BCUT2D eigenvalue weighted by atomic mass is 9.75. The summed E-state index contributed by atoms with van der Waals surface area (Å²) in [6, 6.07) is 10.2. The molecule has 1 spiro atoms. The maximum Gasteiger partial charge on any atom is 0.328 e. The number of quaternary nitrogens is 5. The van der Waals surface area contributed by atoms with Crippen molar-refractivity contribution in [2.24, 2.45) is 5.41 Å². The molecule has 1 aromatic carbocycles. The minimum atomic E-state index is -3.70. The first-order valence-corrected chi connectivity index (χ1v) is 23.9. The van der Waals surface area contributed by atoms with Crippen LogP contribution in [0, 0.1) is 5.41 Å². The molecule has 2 aromatic heterocycles. The second-order valence-electron chi connectivity index (χ2n) is 19.9. The quantitative estimate of drug-likeness (QED) is 0.150. The monoisotopic (exact) mass is 862 g/mol. The summed E-state index contributed by atoms with van der Waals surface area (Å²) in [6.07, 6.45) is 16.5. The lowest BCUT2D eigenvalue weighted by Crippen LogP contribution is -2.65. The Morgan fingerprint density at radius 3 is 1.51 bits per heavy atom. The van der Waals surface area contributed by atoms with Gasteiger partial charge in [-0.3, -0.25) is 13.8 Å². The van der Waals surface area contributed by atoms with Crippen molar-refractivity contribution in [1.29, 1.82) is 0 Å². The zero-order valence-electron chi connectivity index (χ0n) is 37.3. The van der Waals surface area contributed by atoms with Crippen LogP contribution in [0.15, 0.2) is 66.1 Å². The summed E-state index contributed by atoms with van der Waals surface area (Å²) in [5.74, 6) is 1.69. The van der Waals surface area contributed by atoms with E-state index < -0.39 is 15.9 Å². The van der Waals surface area contributed by atoms with Crippen molar-refractivity contribution in [1.82, 2.24) is 33.2 Å². The van der Waals surface area contributed by atoms with E-state index in [-0.39, 0.29) is 38.7 Å². The molecule has 0 atom stereocenters. The second-order valence-corrected chi connectivity index (χ2v) is 21.8. The number of piperazine rings is 2. The van der Waals surface area contributed by atoms with Gasteiger partial charge in [-0.05, 0) is 55.4 Å². The van der Waals surface area contributed by atoms with E-state index in [1.165, 1.54) is 18.9 Å². The van der Waals surface area contributed by atoms with E-state index in [0.29, 0.717) is 25.8 Å². The van der Waals surface area contributed by atoms with Crippen LogP contribution in [0.25, 0.3) is 0 Å². The van der Waals surface area contributed by atoms with Gasteiger partial charge >= 0.3 is 23.7 Å². The van der Waals surface area contributed by atoms with Gasteiger partial charge in [0.2, 0.25) is 0 Å². The molecule has 4 aliphatic heterocycles. The summed E-state index contributed by atoms with van der Waals surface area (Å²) in [7, 11) is 7.17. The van der Waals surface area contributed by atoms with E-state index in [9.17, 15) is 22.8 Å². The largest absolute Gasteiger partial charge is 0.328 e. The van der Waals surface area contributed by atoms with E-state index in [4.69, 9.17) is 0 Å². The standard InChI is InChI=1S/C24H40N5O2.C21H29N5O3S/c1-27(15-17-28(2,18-16-27)23-25-11-8-12-26-23)13-6-7-14-29(3)21(30)19-24(20-22(29)31)9-4-5-10-24;1-25(14-16-26(2,17-15-25)21-22-10-7-11-23-21)13-6-5-12-24-20(27)18-8-3-4-9-19(18)30(24,28)29/h8,11-12H,4-7,9-10,13-20H2,1-3H3;3-4,7-11H,5-6,12-17H2,1-2H3/q+3;+2. The highest BCUT2D eigenvalue weighted by Crippen LogP contribution is 2.48.